The second-order valence-corrected chi connectivity index (χ2v) is 10.8. The van der Waals surface area contributed by atoms with Crippen LogP contribution in [0.2, 0.25) is 0 Å². The summed E-state index contributed by atoms with van der Waals surface area (Å²) in [4.78, 5) is 11.4. The molecule has 0 radical (unpaired) electrons. The van der Waals surface area contributed by atoms with Gasteiger partial charge in [-0.3, -0.25) is 4.79 Å². The number of carbonyl (C=O) groups is 1. The van der Waals surface area contributed by atoms with Crippen LogP contribution in [0.3, 0.4) is 0 Å². The largest absolute Gasteiger partial charge is 0.462 e. The molecule has 0 aromatic heterocycles. The summed E-state index contributed by atoms with van der Waals surface area (Å²) >= 11 is 0. The Balaban J connectivity index is 1.56. The molecule has 3 fully saturated rings. The van der Waals surface area contributed by atoms with E-state index in [0.29, 0.717) is 10.8 Å². The highest BCUT2D eigenvalue weighted by molar-refractivity contribution is 5.66. The third-order valence-electron chi connectivity index (χ3n) is 9.80. The van der Waals surface area contributed by atoms with E-state index in [4.69, 9.17) is 4.74 Å². The molecule has 0 heterocycles. The molecule has 2 nitrogen and oxygen atoms in total. The first kappa shape index (κ1) is 19.5. The summed E-state index contributed by atoms with van der Waals surface area (Å²) in [5.41, 5.74) is 2.55. The van der Waals surface area contributed by atoms with Crippen molar-refractivity contribution in [2.75, 3.05) is 0 Å². The number of ether oxygens (including phenoxy) is 1. The molecule has 0 unspecified atom stereocenters. The molecular formula is C25H40O2. The predicted octanol–water partition coefficient (Wildman–Crippen LogP) is 6.54. The molecule has 0 aromatic rings. The molecule has 0 spiro atoms. The van der Waals surface area contributed by atoms with Gasteiger partial charge in [-0.05, 0) is 85.4 Å². The average molecular weight is 373 g/mol. The molecule has 3 saturated carbocycles. The zero-order chi connectivity index (χ0) is 19.4. The minimum atomic E-state index is -0.117. The highest BCUT2D eigenvalue weighted by Crippen LogP contribution is 2.67. The van der Waals surface area contributed by atoms with Crippen LogP contribution in [0.5, 0.6) is 0 Å². The fourth-order valence-corrected chi connectivity index (χ4v) is 8.22. The van der Waals surface area contributed by atoms with Gasteiger partial charge >= 0.3 is 5.97 Å². The summed E-state index contributed by atoms with van der Waals surface area (Å²) in [6.45, 7) is 11.6. The van der Waals surface area contributed by atoms with E-state index in [9.17, 15) is 4.79 Å². The Morgan fingerprint density at radius 1 is 1.19 bits per heavy atom. The summed E-state index contributed by atoms with van der Waals surface area (Å²) in [5.74, 6) is 4.36. The maximum atomic E-state index is 11.4. The zero-order valence-electron chi connectivity index (χ0n) is 18.2. The number of allylic oxidation sites excluding steroid dienone is 1. The first-order valence-corrected chi connectivity index (χ1v) is 11.7. The molecule has 27 heavy (non-hydrogen) atoms. The molecule has 2 heteroatoms. The van der Waals surface area contributed by atoms with Crippen molar-refractivity contribution in [2.45, 2.75) is 98.5 Å². The molecule has 0 saturated heterocycles. The Morgan fingerprint density at radius 2 is 1.96 bits per heavy atom. The molecule has 0 bridgehead atoms. The molecule has 4 aliphatic carbocycles. The van der Waals surface area contributed by atoms with Crippen molar-refractivity contribution in [3.8, 4) is 0 Å². The third kappa shape index (κ3) is 3.01. The van der Waals surface area contributed by atoms with E-state index < -0.39 is 0 Å². The fraction of sp³-hybridized carbons (Fsp3) is 0.880. The Labute approximate surface area is 166 Å². The van der Waals surface area contributed by atoms with Crippen LogP contribution >= 0.6 is 0 Å². The van der Waals surface area contributed by atoms with E-state index in [-0.39, 0.29) is 12.1 Å². The van der Waals surface area contributed by atoms with Crippen molar-refractivity contribution < 1.29 is 9.53 Å². The topological polar surface area (TPSA) is 26.3 Å². The summed E-state index contributed by atoms with van der Waals surface area (Å²) in [7, 11) is 0. The van der Waals surface area contributed by atoms with E-state index in [1.165, 1.54) is 44.9 Å². The lowest BCUT2D eigenvalue weighted by atomic mass is 9.47. The Bertz CT molecular complexity index is 622. The molecule has 0 aromatic carbocycles. The SMILES string of the molecule is CC[C@@H](C)[C@H]1CC[C@H]2[C@@H]3CC=C4C[C@H](OC(C)=O)CC[C@]4(C)[C@H]3CC[C@]12C. The zero-order valence-corrected chi connectivity index (χ0v) is 18.2. The van der Waals surface area contributed by atoms with Gasteiger partial charge < -0.3 is 4.74 Å². The average Bonchev–Trinajstić information content (AvgIpc) is 2.98. The third-order valence-corrected chi connectivity index (χ3v) is 9.80. The number of carbonyl (C=O) groups excluding carboxylic acids is 1. The van der Waals surface area contributed by atoms with Gasteiger partial charge in [0.1, 0.15) is 6.10 Å². The van der Waals surface area contributed by atoms with Crippen LogP contribution in [0.15, 0.2) is 11.6 Å². The van der Waals surface area contributed by atoms with Crippen molar-refractivity contribution in [2.24, 2.45) is 40.4 Å². The summed E-state index contributed by atoms with van der Waals surface area (Å²) in [5, 5.41) is 0. The van der Waals surface area contributed by atoms with Gasteiger partial charge in [0.25, 0.3) is 0 Å². The highest BCUT2D eigenvalue weighted by atomic mass is 16.5. The lowest BCUT2D eigenvalue weighted by molar-refractivity contribution is -0.148. The van der Waals surface area contributed by atoms with Crippen LogP contribution < -0.4 is 0 Å². The molecule has 0 amide bonds. The minimum absolute atomic E-state index is 0.117. The molecule has 4 rings (SSSR count). The minimum Gasteiger partial charge on any atom is -0.462 e. The van der Waals surface area contributed by atoms with Gasteiger partial charge in [0.05, 0.1) is 0 Å². The number of esters is 1. The van der Waals surface area contributed by atoms with Crippen LogP contribution in [0.1, 0.15) is 92.4 Å². The smallest absolute Gasteiger partial charge is 0.302 e. The van der Waals surface area contributed by atoms with Crippen LogP contribution in [0.4, 0.5) is 0 Å². The summed E-state index contributed by atoms with van der Waals surface area (Å²) in [6.07, 6.45) is 14.3. The summed E-state index contributed by atoms with van der Waals surface area (Å²) < 4.78 is 5.58. The molecule has 4 aliphatic rings. The normalized spacial score (nSPS) is 47.3. The van der Waals surface area contributed by atoms with Gasteiger partial charge in [-0.2, -0.15) is 0 Å². The highest BCUT2D eigenvalue weighted by Gasteiger charge is 2.59. The van der Waals surface area contributed by atoms with Gasteiger partial charge in [-0.1, -0.05) is 45.8 Å². The monoisotopic (exact) mass is 372 g/mol. The van der Waals surface area contributed by atoms with Crippen molar-refractivity contribution in [1.82, 2.24) is 0 Å². The van der Waals surface area contributed by atoms with E-state index in [0.717, 1.165) is 42.4 Å². The second kappa shape index (κ2) is 6.92. The first-order chi connectivity index (χ1) is 12.8. The number of rotatable bonds is 3. The Kier molecular flexibility index (Phi) is 5.00. The quantitative estimate of drug-likeness (QED) is 0.415. The Hall–Kier alpha value is -0.790. The van der Waals surface area contributed by atoms with Crippen molar-refractivity contribution in [1.29, 1.82) is 0 Å². The fourth-order valence-electron chi connectivity index (χ4n) is 8.22. The number of fused-ring (bicyclic) bond motifs is 5. The van der Waals surface area contributed by atoms with Crippen molar-refractivity contribution in [3.63, 3.8) is 0 Å². The molecular weight excluding hydrogens is 332 g/mol. The van der Waals surface area contributed by atoms with Crippen LogP contribution in [0.25, 0.3) is 0 Å². The maximum Gasteiger partial charge on any atom is 0.302 e. The van der Waals surface area contributed by atoms with E-state index >= 15 is 0 Å². The van der Waals surface area contributed by atoms with Gasteiger partial charge in [-0.25, -0.2) is 0 Å². The van der Waals surface area contributed by atoms with Gasteiger partial charge in [-0.15, -0.1) is 0 Å². The van der Waals surface area contributed by atoms with Crippen molar-refractivity contribution in [3.05, 3.63) is 11.6 Å². The van der Waals surface area contributed by atoms with Gasteiger partial charge in [0.15, 0.2) is 0 Å². The standard InChI is InChI=1S/C25H40O2/c1-6-16(2)21-9-10-22-20-8-7-18-15-19(27-17(3)26)11-13-24(18,4)23(20)12-14-25(21,22)5/h7,16,19-23H,6,8-15H2,1-5H3/t16-,19-,20+,21-,22+,23+,24+,25-/m1/s1. The van der Waals surface area contributed by atoms with Crippen LogP contribution in [0, 0.1) is 40.4 Å². The summed E-state index contributed by atoms with van der Waals surface area (Å²) in [6, 6.07) is 0. The maximum absolute atomic E-state index is 11.4. The Morgan fingerprint density at radius 3 is 2.67 bits per heavy atom. The molecule has 152 valence electrons. The van der Waals surface area contributed by atoms with Crippen LogP contribution in [-0.4, -0.2) is 12.1 Å². The lowest BCUT2D eigenvalue weighted by Gasteiger charge is -2.58. The molecule has 8 atom stereocenters. The van der Waals surface area contributed by atoms with Gasteiger partial charge in [0, 0.05) is 13.3 Å². The van der Waals surface area contributed by atoms with Crippen LogP contribution in [-0.2, 0) is 9.53 Å². The molecule has 0 N–H and O–H groups in total. The number of hydrogen-bond acceptors (Lipinski definition) is 2. The molecule has 0 aliphatic heterocycles. The predicted molar refractivity (Wildman–Crippen MR) is 110 cm³/mol. The van der Waals surface area contributed by atoms with E-state index in [1.54, 1.807) is 12.5 Å². The van der Waals surface area contributed by atoms with Gasteiger partial charge in [0.2, 0.25) is 0 Å². The van der Waals surface area contributed by atoms with E-state index in [1.807, 2.05) is 0 Å². The first-order valence-electron chi connectivity index (χ1n) is 11.7. The lowest BCUT2D eigenvalue weighted by Crippen LogP contribution is -2.51. The number of hydrogen-bond donors (Lipinski definition) is 0. The van der Waals surface area contributed by atoms with E-state index in [2.05, 4.69) is 33.8 Å². The second-order valence-electron chi connectivity index (χ2n) is 10.8. The van der Waals surface area contributed by atoms with Crippen molar-refractivity contribution >= 4 is 5.97 Å².